The molecular weight excluding hydrogens is 438 g/mol. The molecule has 1 amide bonds. The zero-order valence-corrected chi connectivity index (χ0v) is 17.8. The smallest absolute Gasteiger partial charge is 0.262 e. The number of hydrogen-bond acceptors (Lipinski definition) is 4. The number of aromatic amines is 1. The van der Waals surface area contributed by atoms with Gasteiger partial charge >= 0.3 is 0 Å². The molecule has 0 radical (unpaired) electrons. The highest BCUT2D eigenvalue weighted by atomic mass is 35.5. The van der Waals surface area contributed by atoms with Crippen molar-refractivity contribution in [1.29, 1.82) is 0 Å². The quantitative estimate of drug-likeness (QED) is 0.530. The van der Waals surface area contributed by atoms with Crippen molar-refractivity contribution in [2.75, 3.05) is 23.0 Å². The predicted octanol–water partition coefficient (Wildman–Crippen LogP) is 4.27. The first-order chi connectivity index (χ1) is 15.3. The van der Waals surface area contributed by atoms with Gasteiger partial charge in [-0.15, -0.1) is 0 Å². The van der Waals surface area contributed by atoms with Gasteiger partial charge in [-0.05, 0) is 48.9 Å². The SMILES string of the molecule is C[C@H]1NCCc2[nH]c(=O)ccc2N2CN(c3cc(Cl)c(F)cc3C2=O)c2ccc(F)cc21. The number of halogens is 3. The van der Waals surface area contributed by atoms with E-state index in [4.69, 9.17) is 11.6 Å². The van der Waals surface area contributed by atoms with Gasteiger partial charge in [-0.25, -0.2) is 8.78 Å². The highest BCUT2D eigenvalue weighted by Gasteiger charge is 2.35. The minimum absolute atomic E-state index is 0.0815. The number of carbonyl (C=O) groups excluding carboxylic acids is 1. The van der Waals surface area contributed by atoms with Crippen molar-refractivity contribution in [1.82, 2.24) is 10.3 Å². The molecule has 2 bridgehead atoms. The summed E-state index contributed by atoms with van der Waals surface area (Å²) < 4.78 is 28.6. The molecule has 9 heteroatoms. The Kier molecular flexibility index (Phi) is 4.98. The van der Waals surface area contributed by atoms with Crippen LogP contribution < -0.4 is 20.7 Å². The molecule has 1 atom stereocenters. The van der Waals surface area contributed by atoms with E-state index in [9.17, 15) is 18.4 Å². The second kappa shape index (κ2) is 7.72. The van der Waals surface area contributed by atoms with E-state index >= 15 is 0 Å². The van der Waals surface area contributed by atoms with E-state index in [1.807, 2.05) is 11.8 Å². The Morgan fingerprint density at radius 2 is 1.78 bits per heavy atom. The van der Waals surface area contributed by atoms with Crippen LogP contribution in [0.4, 0.5) is 25.8 Å². The van der Waals surface area contributed by atoms with Gasteiger partial charge in [0, 0.05) is 36.5 Å². The number of amides is 1. The maximum atomic E-state index is 14.4. The van der Waals surface area contributed by atoms with Crippen molar-refractivity contribution in [3.8, 4) is 0 Å². The van der Waals surface area contributed by atoms with Crippen molar-refractivity contribution < 1.29 is 13.6 Å². The second-order valence-electron chi connectivity index (χ2n) is 7.90. The third kappa shape index (κ3) is 3.36. The summed E-state index contributed by atoms with van der Waals surface area (Å²) in [5, 5.41) is 3.24. The van der Waals surface area contributed by atoms with E-state index in [1.54, 1.807) is 12.1 Å². The number of carbonyl (C=O) groups is 1. The molecule has 6 nitrogen and oxygen atoms in total. The lowest BCUT2D eigenvalue weighted by Gasteiger charge is -2.39. The molecule has 0 aliphatic carbocycles. The van der Waals surface area contributed by atoms with Crippen molar-refractivity contribution >= 4 is 34.6 Å². The lowest BCUT2D eigenvalue weighted by atomic mass is 10.0. The zero-order chi connectivity index (χ0) is 22.6. The molecule has 1 aromatic heterocycles. The Morgan fingerprint density at radius 1 is 1.00 bits per heavy atom. The van der Waals surface area contributed by atoms with Gasteiger partial charge in [0.15, 0.2) is 0 Å². The van der Waals surface area contributed by atoms with Crippen LogP contribution in [0.15, 0.2) is 47.3 Å². The summed E-state index contributed by atoms with van der Waals surface area (Å²) in [6, 6.07) is 9.69. The Bertz CT molecular complexity index is 1310. The second-order valence-corrected chi connectivity index (χ2v) is 8.31. The van der Waals surface area contributed by atoms with Gasteiger partial charge in [0.2, 0.25) is 5.56 Å². The summed E-state index contributed by atoms with van der Waals surface area (Å²) in [5.41, 5.74) is 2.75. The molecule has 164 valence electrons. The molecule has 0 saturated carbocycles. The summed E-state index contributed by atoms with van der Waals surface area (Å²) in [6.45, 7) is 2.48. The van der Waals surface area contributed by atoms with Crippen molar-refractivity contribution in [3.63, 3.8) is 0 Å². The number of nitrogens with one attached hydrogen (secondary N) is 2. The first-order valence-electron chi connectivity index (χ1n) is 10.2. The molecular formula is C23H19ClF2N4O2. The summed E-state index contributed by atoms with van der Waals surface area (Å²) in [5.74, 6) is -1.51. The maximum absolute atomic E-state index is 14.4. The number of anilines is 3. The molecule has 3 aromatic rings. The standard InChI is InChI=1S/C23H19ClF2N4O2/c1-12-14-8-13(25)2-3-19(14)29-11-30(20-4-5-22(31)28-18(20)6-7-27-12)23(32)15-9-17(26)16(24)10-21(15)29/h2-5,8-10,12,27H,6-7,11H2,1H3,(H,28,31)/t12-/m1/s1. The van der Waals surface area contributed by atoms with Gasteiger partial charge in [-0.1, -0.05) is 11.6 Å². The minimum Gasteiger partial charge on any atom is -0.324 e. The number of pyridine rings is 1. The first kappa shape index (κ1) is 20.7. The number of hydrogen-bond donors (Lipinski definition) is 2. The topological polar surface area (TPSA) is 68.4 Å². The van der Waals surface area contributed by atoms with E-state index in [-0.39, 0.29) is 34.7 Å². The molecule has 2 aromatic carbocycles. The Hall–Kier alpha value is -3.23. The molecule has 0 fully saturated rings. The molecule has 3 heterocycles. The van der Waals surface area contributed by atoms with Crippen LogP contribution in [0.1, 0.15) is 34.6 Å². The third-order valence-electron chi connectivity index (χ3n) is 5.93. The molecule has 32 heavy (non-hydrogen) atoms. The summed E-state index contributed by atoms with van der Waals surface area (Å²) >= 11 is 6.07. The fourth-order valence-corrected chi connectivity index (χ4v) is 4.50. The van der Waals surface area contributed by atoms with Crippen LogP contribution in [-0.4, -0.2) is 24.1 Å². The Morgan fingerprint density at radius 3 is 2.59 bits per heavy atom. The zero-order valence-electron chi connectivity index (χ0n) is 17.1. The third-order valence-corrected chi connectivity index (χ3v) is 6.22. The molecule has 5 rings (SSSR count). The highest BCUT2D eigenvalue weighted by Crippen LogP contribution is 2.41. The minimum atomic E-state index is -0.707. The van der Waals surface area contributed by atoms with Crippen LogP contribution in [0.3, 0.4) is 0 Å². The maximum Gasteiger partial charge on any atom is 0.262 e. The van der Waals surface area contributed by atoms with Gasteiger partial charge in [0.05, 0.1) is 22.0 Å². The van der Waals surface area contributed by atoms with Crippen LogP contribution in [0.5, 0.6) is 0 Å². The highest BCUT2D eigenvalue weighted by molar-refractivity contribution is 6.31. The fourth-order valence-electron chi connectivity index (χ4n) is 4.34. The average Bonchev–Trinajstić information content (AvgIpc) is 2.77. The summed E-state index contributed by atoms with van der Waals surface area (Å²) in [4.78, 5) is 31.5. The molecule has 2 aliphatic rings. The molecule has 2 aliphatic heterocycles. The van der Waals surface area contributed by atoms with Crippen LogP contribution in [0, 0.1) is 11.6 Å². The van der Waals surface area contributed by atoms with Gasteiger partial charge in [-0.3, -0.25) is 14.5 Å². The molecule has 0 saturated heterocycles. The van der Waals surface area contributed by atoms with E-state index < -0.39 is 11.7 Å². The normalized spacial score (nSPS) is 17.9. The van der Waals surface area contributed by atoms with Crippen LogP contribution >= 0.6 is 11.6 Å². The van der Waals surface area contributed by atoms with E-state index in [0.717, 1.165) is 6.07 Å². The lowest BCUT2D eigenvalue weighted by molar-refractivity contribution is 0.0983. The number of nitrogens with zero attached hydrogens (tertiary/aromatic N) is 2. The van der Waals surface area contributed by atoms with E-state index in [2.05, 4.69) is 10.3 Å². The van der Waals surface area contributed by atoms with E-state index in [1.165, 1.54) is 29.2 Å². The van der Waals surface area contributed by atoms with Gasteiger partial charge < -0.3 is 15.2 Å². The van der Waals surface area contributed by atoms with Crippen molar-refractivity contribution in [2.24, 2.45) is 0 Å². The van der Waals surface area contributed by atoms with Gasteiger partial charge in [0.25, 0.3) is 5.91 Å². The Labute approximate surface area is 187 Å². The summed E-state index contributed by atoms with van der Waals surface area (Å²) in [6.07, 6.45) is 0.437. The molecule has 2 N–H and O–H groups in total. The van der Waals surface area contributed by atoms with Crippen LogP contribution in [-0.2, 0) is 6.42 Å². The molecule has 0 unspecified atom stereocenters. The van der Waals surface area contributed by atoms with E-state index in [0.29, 0.717) is 41.3 Å². The van der Waals surface area contributed by atoms with Crippen molar-refractivity contribution in [2.45, 2.75) is 19.4 Å². The first-order valence-corrected chi connectivity index (χ1v) is 10.5. The largest absolute Gasteiger partial charge is 0.324 e. The van der Waals surface area contributed by atoms with Crippen LogP contribution in [0.25, 0.3) is 0 Å². The van der Waals surface area contributed by atoms with Gasteiger partial charge in [-0.2, -0.15) is 0 Å². The van der Waals surface area contributed by atoms with Crippen molar-refractivity contribution in [3.05, 3.63) is 86.3 Å². The number of H-pyrrole nitrogens is 1. The number of aromatic nitrogens is 1. The predicted molar refractivity (Wildman–Crippen MR) is 119 cm³/mol. The van der Waals surface area contributed by atoms with Gasteiger partial charge in [0.1, 0.15) is 18.3 Å². The number of rotatable bonds is 0. The lowest BCUT2D eigenvalue weighted by Crippen LogP contribution is -2.46. The molecule has 0 spiro atoms. The number of benzene rings is 2. The fraction of sp³-hybridized carbons (Fsp3) is 0.217. The monoisotopic (exact) mass is 456 g/mol. The average molecular weight is 457 g/mol. The van der Waals surface area contributed by atoms with Crippen LogP contribution in [0.2, 0.25) is 5.02 Å². The summed E-state index contributed by atoms with van der Waals surface area (Å²) in [7, 11) is 0. The Balaban J connectivity index is 1.80. The number of fused-ring (bicyclic) bond motifs is 8.